The summed E-state index contributed by atoms with van der Waals surface area (Å²) in [5.74, 6) is 0.623. The van der Waals surface area contributed by atoms with Crippen molar-refractivity contribution in [2.75, 3.05) is 4.90 Å². The van der Waals surface area contributed by atoms with Gasteiger partial charge in [-0.1, -0.05) is 115 Å². The molecule has 0 N–H and O–H groups in total. The van der Waals surface area contributed by atoms with E-state index in [2.05, 4.69) is 167 Å². The molecule has 0 saturated heterocycles. The van der Waals surface area contributed by atoms with Crippen molar-refractivity contribution in [3.05, 3.63) is 188 Å². The highest BCUT2D eigenvalue weighted by atomic mass is 16.3. The van der Waals surface area contributed by atoms with Gasteiger partial charge in [-0.25, -0.2) is 4.98 Å². The van der Waals surface area contributed by atoms with Gasteiger partial charge in [0.25, 0.3) is 0 Å². The minimum absolute atomic E-state index is 0.623. The zero-order chi connectivity index (χ0) is 33.7. The zero-order valence-corrected chi connectivity index (χ0v) is 27.6. The Morgan fingerprint density at radius 1 is 0.490 bits per heavy atom. The molecule has 0 saturated carbocycles. The van der Waals surface area contributed by atoms with Gasteiger partial charge in [0.15, 0.2) is 5.58 Å². The number of nitrogens with zero attached hydrogens (tertiary/aromatic N) is 3. The van der Waals surface area contributed by atoms with E-state index in [1.807, 2.05) is 30.3 Å². The van der Waals surface area contributed by atoms with Crippen LogP contribution in [-0.4, -0.2) is 9.55 Å². The van der Waals surface area contributed by atoms with E-state index in [4.69, 9.17) is 9.40 Å². The number of hydrogen-bond donors (Lipinski definition) is 0. The topological polar surface area (TPSA) is 34.2 Å². The maximum Gasteiger partial charge on any atom is 0.227 e. The Hall–Kier alpha value is -6.91. The summed E-state index contributed by atoms with van der Waals surface area (Å²) in [4.78, 5) is 7.44. The maximum absolute atomic E-state index is 6.50. The van der Waals surface area contributed by atoms with Crippen LogP contribution in [0.1, 0.15) is 0 Å². The van der Waals surface area contributed by atoms with Gasteiger partial charge in [0.2, 0.25) is 5.89 Å². The van der Waals surface area contributed by atoms with Crippen molar-refractivity contribution in [1.82, 2.24) is 9.55 Å². The number of fused-ring (bicyclic) bond motifs is 6. The molecule has 51 heavy (non-hydrogen) atoms. The highest BCUT2D eigenvalue weighted by Gasteiger charge is 2.22. The van der Waals surface area contributed by atoms with Crippen molar-refractivity contribution in [1.29, 1.82) is 0 Å². The van der Waals surface area contributed by atoms with Gasteiger partial charge in [0.1, 0.15) is 5.52 Å². The molecule has 240 valence electrons. The lowest BCUT2D eigenvalue weighted by Crippen LogP contribution is -2.10. The summed E-state index contributed by atoms with van der Waals surface area (Å²) in [6.07, 6.45) is 0. The van der Waals surface area contributed by atoms with E-state index in [9.17, 15) is 0 Å². The molecule has 0 bridgehead atoms. The smallest absolute Gasteiger partial charge is 0.227 e. The lowest BCUT2D eigenvalue weighted by Gasteiger charge is -2.26. The molecular weight excluding hydrogens is 623 g/mol. The molecule has 4 nitrogen and oxygen atoms in total. The fourth-order valence-corrected chi connectivity index (χ4v) is 7.50. The normalized spacial score (nSPS) is 11.5. The monoisotopic (exact) mass is 653 g/mol. The van der Waals surface area contributed by atoms with Crippen LogP contribution in [0.25, 0.3) is 71.9 Å². The number of aromatic nitrogens is 2. The van der Waals surface area contributed by atoms with E-state index in [0.717, 1.165) is 66.8 Å². The first-order valence-electron chi connectivity index (χ1n) is 17.2. The van der Waals surface area contributed by atoms with E-state index in [0.29, 0.717) is 5.89 Å². The minimum Gasteiger partial charge on any atom is -0.435 e. The highest BCUT2D eigenvalue weighted by molar-refractivity contribution is 6.16. The number of hydrogen-bond acceptors (Lipinski definition) is 3. The van der Waals surface area contributed by atoms with E-state index in [-0.39, 0.29) is 0 Å². The molecule has 0 aliphatic rings. The Labute approximate surface area is 295 Å². The summed E-state index contributed by atoms with van der Waals surface area (Å²) in [7, 11) is 0. The van der Waals surface area contributed by atoms with Crippen LogP contribution in [0.3, 0.4) is 0 Å². The first kappa shape index (κ1) is 29.0. The van der Waals surface area contributed by atoms with Gasteiger partial charge in [0.05, 0.1) is 16.7 Å². The van der Waals surface area contributed by atoms with Gasteiger partial charge in [0, 0.05) is 44.3 Å². The molecule has 4 heteroatoms. The third-order valence-electron chi connectivity index (χ3n) is 9.79. The van der Waals surface area contributed by atoms with E-state index >= 15 is 0 Å². The lowest BCUT2D eigenvalue weighted by atomic mass is 9.99. The molecule has 0 amide bonds. The molecule has 2 heterocycles. The Morgan fingerprint density at radius 3 is 1.90 bits per heavy atom. The number of oxazole rings is 1. The largest absolute Gasteiger partial charge is 0.435 e. The van der Waals surface area contributed by atoms with Crippen molar-refractivity contribution in [2.24, 2.45) is 0 Å². The predicted molar refractivity (Wildman–Crippen MR) is 211 cm³/mol. The summed E-state index contributed by atoms with van der Waals surface area (Å²) in [5, 5.41) is 4.59. The van der Waals surface area contributed by atoms with E-state index < -0.39 is 0 Å². The minimum atomic E-state index is 0.623. The van der Waals surface area contributed by atoms with Gasteiger partial charge < -0.3 is 13.9 Å². The van der Waals surface area contributed by atoms with Gasteiger partial charge >= 0.3 is 0 Å². The van der Waals surface area contributed by atoms with Crippen LogP contribution >= 0.6 is 0 Å². The molecule has 0 fully saturated rings. The molecule has 0 aliphatic carbocycles. The number of anilines is 3. The van der Waals surface area contributed by atoms with Crippen LogP contribution < -0.4 is 4.90 Å². The molecular formula is C47H31N3O. The third-order valence-corrected chi connectivity index (χ3v) is 9.79. The van der Waals surface area contributed by atoms with Crippen molar-refractivity contribution in [3.8, 4) is 28.3 Å². The highest BCUT2D eigenvalue weighted by Crippen LogP contribution is 2.44. The summed E-state index contributed by atoms with van der Waals surface area (Å²) in [5.41, 5.74) is 11.5. The fraction of sp³-hybridized carbons (Fsp3) is 0. The van der Waals surface area contributed by atoms with E-state index in [1.54, 1.807) is 0 Å². The molecule has 0 atom stereocenters. The van der Waals surface area contributed by atoms with Crippen molar-refractivity contribution < 1.29 is 4.42 Å². The van der Waals surface area contributed by atoms with Crippen LogP contribution in [0.2, 0.25) is 0 Å². The average molecular weight is 654 g/mol. The lowest BCUT2D eigenvalue weighted by molar-refractivity contribution is 0.623. The standard InChI is InChI=1S/C47H31N3O/c1-4-15-33(16-5-1)47-48-45-40(31-34-17-10-11-22-38(34)46(45)51-47)32-27-29-37(30-28-32)49(35-18-6-2-7-19-35)42-25-14-26-43-44(42)39-23-12-13-24-41(39)50(43)36-20-8-3-9-21-36/h1-31H. The van der Waals surface area contributed by atoms with Gasteiger partial charge in [-0.2, -0.15) is 0 Å². The summed E-state index contributed by atoms with van der Waals surface area (Å²) in [6.45, 7) is 0. The molecule has 0 spiro atoms. The molecule has 10 aromatic rings. The summed E-state index contributed by atoms with van der Waals surface area (Å²) >= 11 is 0. The molecule has 10 rings (SSSR count). The first-order chi connectivity index (χ1) is 25.3. The predicted octanol–water partition coefficient (Wildman–Crippen LogP) is 12.9. The Kier molecular flexibility index (Phi) is 6.78. The van der Waals surface area contributed by atoms with E-state index in [1.165, 1.54) is 16.3 Å². The van der Waals surface area contributed by atoms with Crippen LogP contribution in [0.4, 0.5) is 17.1 Å². The SMILES string of the molecule is c1ccc(-c2nc3c(-c4ccc(N(c5ccccc5)c5cccc6c5c5ccccc5n6-c5ccccc5)cc4)cc4ccccc4c3o2)cc1. The number of para-hydroxylation sites is 3. The van der Waals surface area contributed by atoms with Crippen LogP contribution in [0.15, 0.2) is 192 Å². The van der Waals surface area contributed by atoms with Gasteiger partial charge in [-0.3, -0.25) is 0 Å². The number of benzene rings is 8. The zero-order valence-electron chi connectivity index (χ0n) is 27.6. The second-order valence-electron chi connectivity index (χ2n) is 12.8. The quantitative estimate of drug-likeness (QED) is 0.179. The summed E-state index contributed by atoms with van der Waals surface area (Å²) < 4.78 is 8.86. The maximum atomic E-state index is 6.50. The molecule has 2 aromatic heterocycles. The van der Waals surface area contributed by atoms with Gasteiger partial charge in [-0.05, 0) is 83.7 Å². The molecule has 8 aromatic carbocycles. The van der Waals surface area contributed by atoms with Crippen LogP contribution in [0.5, 0.6) is 0 Å². The fourth-order valence-electron chi connectivity index (χ4n) is 7.50. The second kappa shape index (κ2) is 11.9. The second-order valence-corrected chi connectivity index (χ2v) is 12.8. The molecule has 0 unspecified atom stereocenters. The van der Waals surface area contributed by atoms with Crippen molar-refractivity contribution >= 4 is 60.7 Å². The Bertz CT molecular complexity index is 2840. The van der Waals surface area contributed by atoms with Crippen LogP contribution in [0, 0.1) is 0 Å². The summed E-state index contributed by atoms with van der Waals surface area (Å²) in [6, 6.07) is 66.1. The van der Waals surface area contributed by atoms with Gasteiger partial charge in [-0.15, -0.1) is 0 Å². The van der Waals surface area contributed by atoms with Crippen LogP contribution in [-0.2, 0) is 0 Å². The average Bonchev–Trinajstić information content (AvgIpc) is 3.80. The third kappa shape index (κ3) is 4.80. The Balaban J connectivity index is 1.16. The number of rotatable bonds is 6. The van der Waals surface area contributed by atoms with Crippen molar-refractivity contribution in [2.45, 2.75) is 0 Å². The molecule has 0 radical (unpaired) electrons. The molecule has 0 aliphatic heterocycles. The van der Waals surface area contributed by atoms with Crippen molar-refractivity contribution in [3.63, 3.8) is 0 Å². The Morgan fingerprint density at radius 2 is 1.12 bits per heavy atom. The first-order valence-corrected chi connectivity index (χ1v) is 17.2.